The summed E-state index contributed by atoms with van der Waals surface area (Å²) in [4.78, 5) is 28.9. The Kier molecular flexibility index (Phi) is 4.50. The summed E-state index contributed by atoms with van der Waals surface area (Å²) in [6, 6.07) is 8.69. The van der Waals surface area contributed by atoms with Crippen molar-refractivity contribution in [3.05, 3.63) is 35.4 Å². The molecule has 1 aromatic rings. The second-order valence-corrected chi connectivity index (χ2v) is 7.76. The van der Waals surface area contributed by atoms with E-state index in [9.17, 15) is 9.59 Å². The summed E-state index contributed by atoms with van der Waals surface area (Å²) in [6.07, 6.45) is 4.55. The smallest absolute Gasteiger partial charge is 0.239 e. The summed E-state index contributed by atoms with van der Waals surface area (Å²) >= 11 is 0. The molecule has 2 heterocycles. The number of carbonyl (C=O) groups excluding carboxylic acids is 2. The van der Waals surface area contributed by atoms with E-state index in [1.165, 1.54) is 11.1 Å². The molecule has 0 unspecified atom stereocenters. The molecule has 1 N–H and O–H groups in total. The fourth-order valence-electron chi connectivity index (χ4n) is 4.56. The van der Waals surface area contributed by atoms with E-state index in [1.807, 2.05) is 11.9 Å². The quantitative estimate of drug-likeness (QED) is 0.899. The van der Waals surface area contributed by atoms with E-state index < -0.39 is 0 Å². The number of hydrogen-bond donors (Lipinski definition) is 1. The number of benzene rings is 1. The number of amides is 2. The van der Waals surface area contributed by atoms with Crippen LogP contribution in [0, 0.1) is 5.92 Å². The van der Waals surface area contributed by atoms with Crippen LogP contribution >= 0.6 is 0 Å². The molecule has 1 atom stereocenters. The number of carbonyl (C=O) groups is 2. The zero-order chi connectivity index (χ0) is 17.4. The van der Waals surface area contributed by atoms with Crippen LogP contribution in [0.2, 0.25) is 0 Å². The first-order valence-electron chi connectivity index (χ1n) is 9.48. The van der Waals surface area contributed by atoms with E-state index in [2.05, 4.69) is 34.5 Å². The molecule has 0 saturated carbocycles. The van der Waals surface area contributed by atoms with Gasteiger partial charge >= 0.3 is 0 Å². The van der Waals surface area contributed by atoms with Gasteiger partial charge in [-0.05, 0) is 43.2 Å². The molecule has 0 bridgehead atoms. The molecule has 2 saturated heterocycles. The molecule has 0 radical (unpaired) electrons. The largest absolute Gasteiger partial charge is 0.353 e. The van der Waals surface area contributed by atoms with Crippen LogP contribution in [0.4, 0.5) is 0 Å². The van der Waals surface area contributed by atoms with Crippen molar-refractivity contribution < 1.29 is 9.59 Å². The van der Waals surface area contributed by atoms with Gasteiger partial charge < -0.3 is 10.2 Å². The molecule has 2 aliphatic heterocycles. The van der Waals surface area contributed by atoms with Crippen molar-refractivity contribution in [1.29, 1.82) is 0 Å². The average molecular weight is 341 g/mol. The average Bonchev–Trinajstić information content (AvgIpc) is 3.20. The molecule has 5 heteroatoms. The van der Waals surface area contributed by atoms with Crippen LogP contribution in [0.25, 0.3) is 0 Å². The van der Waals surface area contributed by atoms with Gasteiger partial charge in [0.15, 0.2) is 0 Å². The van der Waals surface area contributed by atoms with E-state index in [-0.39, 0.29) is 29.8 Å². The molecular formula is C20H27N3O2. The number of likely N-dealkylation sites (N-methyl/N-ethyl adjacent to an activating group) is 1. The van der Waals surface area contributed by atoms with E-state index in [4.69, 9.17) is 0 Å². The maximum absolute atomic E-state index is 12.6. The zero-order valence-corrected chi connectivity index (χ0v) is 14.9. The van der Waals surface area contributed by atoms with Gasteiger partial charge in [0.25, 0.3) is 0 Å². The highest BCUT2D eigenvalue weighted by Gasteiger charge is 2.36. The summed E-state index contributed by atoms with van der Waals surface area (Å²) in [5, 5.41) is 3.27. The van der Waals surface area contributed by atoms with Crippen molar-refractivity contribution in [2.24, 2.45) is 5.92 Å². The molecule has 2 fully saturated rings. The zero-order valence-electron chi connectivity index (χ0n) is 14.9. The van der Waals surface area contributed by atoms with E-state index in [1.54, 1.807) is 0 Å². The molecule has 0 aromatic heterocycles. The van der Waals surface area contributed by atoms with Crippen molar-refractivity contribution in [3.63, 3.8) is 0 Å². The fraction of sp³-hybridized carbons (Fsp3) is 0.600. The summed E-state index contributed by atoms with van der Waals surface area (Å²) in [5.74, 6) is 0.540. The number of piperidine rings is 1. The molecule has 25 heavy (non-hydrogen) atoms. The predicted octanol–water partition coefficient (Wildman–Crippen LogP) is 1.21. The van der Waals surface area contributed by atoms with Gasteiger partial charge in [0.2, 0.25) is 11.8 Å². The predicted molar refractivity (Wildman–Crippen MR) is 96.1 cm³/mol. The Morgan fingerprint density at radius 1 is 1.04 bits per heavy atom. The Bertz CT molecular complexity index is 642. The van der Waals surface area contributed by atoms with Gasteiger partial charge in [-0.25, -0.2) is 0 Å². The number of fused-ring (bicyclic) bond motifs is 1. The standard InChI is InChI=1S/C20H27N3O2/c1-22-9-8-18(20(22)25)23-10-6-17(7-11-23)21-19(24)16-12-14-4-2-3-5-15(14)13-16/h2-5,16-18H,6-13H2,1H3,(H,21,24)/t18-/m1/s1. The van der Waals surface area contributed by atoms with Gasteiger partial charge in [-0.3, -0.25) is 14.5 Å². The van der Waals surface area contributed by atoms with Gasteiger partial charge in [0.1, 0.15) is 0 Å². The lowest BCUT2D eigenvalue weighted by Gasteiger charge is -2.35. The summed E-state index contributed by atoms with van der Waals surface area (Å²) in [5.41, 5.74) is 2.64. The van der Waals surface area contributed by atoms with Crippen LogP contribution in [0.5, 0.6) is 0 Å². The molecule has 3 aliphatic rings. The maximum atomic E-state index is 12.6. The molecule has 0 spiro atoms. The Morgan fingerprint density at radius 2 is 1.68 bits per heavy atom. The summed E-state index contributed by atoms with van der Waals surface area (Å²) in [6.45, 7) is 2.67. The van der Waals surface area contributed by atoms with Gasteiger partial charge in [0.05, 0.1) is 6.04 Å². The highest BCUT2D eigenvalue weighted by Crippen LogP contribution is 2.27. The molecule has 1 aliphatic carbocycles. The first kappa shape index (κ1) is 16.6. The SMILES string of the molecule is CN1CC[C@@H](N2CCC(NC(=O)C3Cc4ccccc4C3)CC2)C1=O. The monoisotopic (exact) mass is 341 g/mol. The highest BCUT2D eigenvalue weighted by atomic mass is 16.2. The topological polar surface area (TPSA) is 52.6 Å². The van der Waals surface area contributed by atoms with Crippen molar-refractivity contribution >= 4 is 11.8 Å². The van der Waals surface area contributed by atoms with E-state index in [0.717, 1.165) is 51.7 Å². The third-order valence-electron chi connectivity index (χ3n) is 6.14. The number of hydrogen-bond acceptors (Lipinski definition) is 3. The molecule has 1 aromatic carbocycles. The van der Waals surface area contributed by atoms with Gasteiger partial charge in [0, 0.05) is 38.6 Å². The second kappa shape index (κ2) is 6.79. The van der Waals surface area contributed by atoms with Gasteiger partial charge in [-0.1, -0.05) is 24.3 Å². The number of nitrogens with zero attached hydrogens (tertiary/aromatic N) is 2. The van der Waals surface area contributed by atoms with E-state index >= 15 is 0 Å². The summed E-state index contributed by atoms with van der Waals surface area (Å²) < 4.78 is 0. The molecular weight excluding hydrogens is 314 g/mol. The minimum absolute atomic E-state index is 0.0611. The van der Waals surface area contributed by atoms with E-state index in [0.29, 0.717) is 0 Å². The normalized spacial score (nSPS) is 25.4. The van der Waals surface area contributed by atoms with Crippen LogP contribution in [-0.2, 0) is 22.4 Å². The lowest BCUT2D eigenvalue weighted by Crippen LogP contribution is -2.50. The second-order valence-electron chi connectivity index (χ2n) is 7.76. The van der Waals surface area contributed by atoms with Crippen LogP contribution in [0.1, 0.15) is 30.4 Å². The third-order valence-corrected chi connectivity index (χ3v) is 6.14. The van der Waals surface area contributed by atoms with Gasteiger partial charge in [-0.2, -0.15) is 0 Å². The first-order chi connectivity index (χ1) is 12.1. The third kappa shape index (κ3) is 3.30. The van der Waals surface area contributed by atoms with Crippen LogP contribution in [0.3, 0.4) is 0 Å². The Morgan fingerprint density at radius 3 is 2.24 bits per heavy atom. The van der Waals surface area contributed by atoms with Crippen molar-refractivity contribution in [2.75, 3.05) is 26.7 Å². The molecule has 5 nitrogen and oxygen atoms in total. The number of rotatable bonds is 3. The van der Waals surface area contributed by atoms with Crippen molar-refractivity contribution in [3.8, 4) is 0 Å². The Hall–Kier alpha value is -1.88. The minimum atomic E-state index is 0.0611. The van der Waals surface area contributed by atoms with Crippen LogP contribution in [0.15, 0.2) is 24.3 Å². The fourth-order valence-corrected chi connectivity index (χ4v) is 4.56. The molecule has 134 valence electrons. The number of nitrogens with one attached hydrogen (secondary N) is 1. The van der Waals surface area contributed by atoms with Crippen molar-refractivity contribution in [1.82, 2.24) is 15.1 Å². The molecule has 4 rings (SSSR count). The van der Waals surface area contributed by atoms with Crippen LogP contribution in [-0.4, -0.2) is 60.4 Å². The lowest BCUT2D eigenvalue weighted by atomic mass is 10.00. The first-order valence-corrected chi connectivity index (χ1v) is 9.48. The highest BCUT2D eigenvalue weighted by molar-refractivity contribution is 5.83. The van der Waals surface area contributed by atoms with Crippen molar-refractivity contribution in [2.45, 2.75) is 44.2 Å². The number of likely N-dealkylation sites (tertiary alicyclic amines) is 2. The summed E-state index contributed by atoms with van der Waals surface area (Å²) in [7, 11) is 1.88. The molecule has 2 amide bonds. The maximum Gasteiger partial charge on any atom is 0.239 e. The lowest BCUT2D eigenvalue weighted by molar-refractivity contribution is -0.132. The van der Waals surface area contributed by atoms with Crippen LogP contribution < -0.4 is 5.32 Å². The minimum Gasteiger partial charge on any atom is -0.353 e. The Balaban J connectivity index is 1.27. The Labute approximate surface area is 149 Å². The van der Waals surface area contributed by atoms with Gasteiger partial charge in [-0.15, -0.1) is 0 Å².